The third-order valence-electron chi connectivity index (χ3n) is 3.67. The minimum Gasteiger partial charge on any atom is -0.335 e. The monoisotopic (exact) mass is 261 g/mol. The third-order valence-corrected chi connectivity index (χ3v) is 3.67. The summed E-state index contributed by atoms with van der Waals surface area (Å²) in [5.41, 5.74) is 2.13. The Morgan fingerprint density at radius 2 is 1.89 bits per heavy atom. The molecule has 4 heteroatoms. The molecule has 1 saturated heterocycles. The number of hydrogen-bond donors (Lipinski definition) is 2. The van der Waals surface area contributed by atoms with Gasteiger partial charge in [-0.15, -0.1) is 0 Å². The largest absolute Gasteiger partial charge is 0.335 e. The maximum absolute atomic E-state index is 11.9. The lowest BCUT2D eigenvalue weighted by atomic mass is 10.1. The van der Waals surface area contributed by atoms with E-state index in [2.05, 4.69) is 29.5 Å². The van der Waals surface area contributed by atoms with Crippen LogP contribution in [0, 0.1) is 0 Å². The van der Waals surface area contributed by atoms with Gasteiger partial charge in [-0.3, -0.25) is 0 Å². The maximum atomic E-state index is 11.9. The van der Waals surface area contributed by atoms with Gasteiger partial charge in [0.25, 0.3) is 0 Å². The molecule has 0 saturated carbocycles. The number of carbonyl (C=O) groups excluding carboxylic acids is 1. The molecule has 1 aromatic carbocycles. The van der Waals surface area contributed by atoms with Gasteiger partial charge in [0.05, 0.1) is 0 Å². The molecule has 1 fully saturated rings. The van der Waals surface area contributed by atoms with Crippen molar-refractivity contribution in [1.82, 2.24) is 10.2 Å². The first-order valence-electron chi connectivity index (χ1n) is 7.02. The van der Waals surface area contributed by atoms with Gasteiger partial charge in [-0.25, -0.2) is 4.79 Å². The number of anilines is 1. The molecule has 0 radical (unpaired) electrons. The van der Waals surface area contributed by atoms with Crippen LogP contribution in [0.3, 0.4) is 0 Å². The van der Waals surface area contributed by atoms with Crippen LogP contribution in [0.1, 0.15) is 25.3 Å². The van der Waals surface area contributed by atoms with E-state index in [1.54, 1.807) is 0 Å². The molecule has 0 unspecified atom stereocenters. The van der Waals surface area contributed by atoms with Gasteiger partial charge >= 0.3 is 6.03 Å². The van der Waals surface area contributed by atoms with Crippen LogP contribution in [-0.4, -0.2) is 37.1 Å². The number of likely N-dealkylation sites (tertiary alicyclic amines) is 1. The quantitative estimate of drug-likeness (QED) is 0.878. The molecular weight excluding hydrogens is 238 g/mol. The van der Waals surface area contributed by atoms with Gasteiger partial charge in [0.15, 0.2) is 0 Å². The minimum absolute atomic E-state index is 0.0983. The average Bonchev–Trinajstić information content (AvgIpc) is 2.42. The highest BCUT2D eigenvalue weighted by atomic mass is 16.2. The lowest BCUT2D eigenvalue weighted by Crippen LogP contribution is -2.44. The highest BCUT2D eigenvalue weighted by Gasteiger charge is 2.18. The van der Waals surface area contributed by atoms with Crippen molar-refractivity contribution >= 4 is 11.7 Å². The van der Waals surface area contributed by atoms with Gasteiger partial charge in [0.1, 0.15) is 0 Å². The maximum Gasteiger partial charge on any atom is 0.319 e. The standard InChI is InChI=1S/C15H23N3O/c1-3-12-4-6-13(7-5-12)16-15(19)17-14-8-10-18(2)11-9-14/h4-7,14H,3,8-11H2,1-2H3,(H2,16,17,19). The Balaban J connectivity index is 1.80. The summed E-state index contributed by atoms with van der Waals surface area (Å²) in [5.74, 6) is 0. The Hall–Kier alpha value is -1.55. The van der Waals surface area contributed by atoms with Crippen LogP contribution in [0.4, 0.5) is 10.5 Å². The van der Waals surface area contributed by atoms with E-state index in [1.165, 1.54) is 5.56 Å². The first-order chi connectivity index (χ1) is 9.17. The summed E-state index contributed by atoms with van der Waals surface area (Å²) in [6.07, 6.45) is 3.07. The fraction of sp³-hybridized carbons (Fsp3) is 0.533. The lowest BCUT2D eigenvalue weighted by molar-refractivity contribution is 0.221. The molecule has 0 bridgehead atoms. The van der Waals surface area contributed by atoms with E-state index in [4.69, 9.17) is 0 Å². The van der Waals surface area contributed by atoms with Crippen molar-refractivity contribution in [2.45, 2.75) is 32.2 Å². The molecular formula is C15H23N3O. The average molecular weight is 261 g/mol. The number of hydrogen-bond acceptors (Lipinski definition) is 2. The Bertz CT molecular complexity index is 408. The van der Waals surface area contributed by atoms with Gasteiger partial charge in [-0.2, -0.15) is 0 Å². The number of nitrogens with zero attached hydrogens (tertiary/aromatic N) is 1. The summed E-state index contributed by atoms with van der Waals surface area (Å²) in [6.45, 7) is 4.22. The summed E-state index contributed by atoms with van der Waals surface area (Å²) in [6, 6.07) is 8.20. The van der Waals surface area contributed by atoms with E-state index in [-0.39, 0.29) is 6.03 Å². The van der Waals surface area contributed by atoms with E-state index in [0.29, 0.717) is 6.04 Å². The van der Waals surface area contributed by atoms with E-state index in [1.807, 2.05) is 24.3 Å². The van der Waals surface area contributed by atoms with Gasteiger partial charge in [-0.05, 0) is 57.1 Å². The van der Waals surface area contributed by atoms with Gasteiger partial charge in [0.2, 0.25) is 0 Å². The molecule has 2 N–H and O–H groups in total. The summed E-state index contributed by atoms with van der Waals surface area (Å²) in [5, 5.41) is 5.93. The highest BCUT2D eigenvalue weighted by Crippen LogP contribution is 2.11. The second kappa shape index (κ2) is 6.57. The van der Waals surface area contributed by atoms with Gasteiger partial charge < -0.3 is 15.5 Å². The SMILES string of the molecule is CCc1ccc(NC(=O)NC2CCN(C)CC2)cc1. The van der Waals surface area contributed by atoms with Crippen molar-refractivity contribution in [2.24, 2.45) is 0 Å². The van der Waals surface area contributed by atoms with Crippen LogP contribution in [0.15, 0.2) is 24.3 Å². The normalized spacial score (nSPS) is 17.2. The van der Waals surface area contributed by atoms with Crippen LogP contribution in [0.25, 0.3) is 0 Å². The number of urea groups is 1. The summed E-state index contributed by atoms with van der Waals surface area (Å²) in [4.78, 5) is 14.2. The fourth-order valence-electron chi connectivity index (χ4n) is 2.33. The Morgan fingerprint density at radius 3 is 2.47 bits per heavy atom. The molecule has 0 aliphatic carbocycles. The molecule has 2 rings (SSSR count). The van der Waals surface area contributed by atoms with Crippen molar-refractivity contribution in [3.63, 3.8) is 0 Å². The van der Waals surface area contributed by atoms with E-state index in [9.17, 15) is 4.79 Å². The van der Waals surface area contributed by atoms with Gasteiger partial charge in [-0.1, -0.05) is 19.1 Å². The number of amides is 2. The number of benzene rings is 1. The van der Waals surface area contributed by atoms with Crippen LogP contribution >= 0.6 is 0 Å². The van der Waals surface area contributed by atoms with Crippen LogP contribution in [0.5, 0.6) is 0 Å². The van der Waals surface area contributed by atoms with Crippen molar-refractivity contribution in [2.75, 3.05) is 25.5 Å². The molecule has 0 atom stereocenters. The lowest BCUT2D eigenvalue weighted by Gasteiger charge is -2.29. The zero-order valence-electron chi connectivity index (χ0n) is 11.8. The minimum atomic E-state index is -0.0983. The van der Waals surface area contributed by atoms with Crippen molar-refractivity contribution in [1.29, 1.82) is 0 Å². The summed E-state index contributed by atoms with van der Waals surface area (Å²) < 4.78 is 0. The fourth-order valence-corrected chi connectivity index (χ4v) is 2.33. The Morgan fingerprint density at radius 1 is 1.26 bits per heavy atom. The molecule has 0 spiro atoms. The predicted octanol–water partition coefficient (Wildman–Crippen LogP) is 2.46. The molecule has 1 aromatic rings. The zero-order chi connectivity index (χ0) is 13.7. The number of piperidine rings is 1. The first kappa shape index (κ1) is 13.9. The number of carbonyl (C=O) groups is 1. The molecule has 2 amide bonds. The van der Waals surface area contributed by atoms with Crippen LogP contribution < -0.4 is 10.6 Å². The predicted molar refractivity (Wildman–Crippen MR) is 78.5 cm³/mol. The molecule has 1 aliphatic heterocycles. The zero-order valence-corrected chi connectivity index (χ0v) is 11.8. The van der Waals surface area contributed by atoms with Crippen LogP contribution in [-0.2, 0) is 6.42 Å². The molecule has 4 nitrogen and oxygen atoms in total. The van der Waals surface area contributed by atoms with E-state index < -0.39 is 0 Å². The Labute approximate surface area is 115 Å². The van der Waals surface area contributed by atoms with Crippen molar-refractivity contribution < 1.29 is 4.79 Å². The highest BCUT2D eigenvalue weighted by molar-refractivity contribution is 5.89. The molecule has 0 aromatic heterocycles. The number of rotatable bonds is 3. The second-order valence-electron chi connectivity index (χ2n) is 5.23. The summed E-state index contributed by atoms with van der Waals surface area (Å²) in [7, 11) is 2.12. The molecule has 1 heterocycles. The van der Waals surface area contributed by atoms with E-state index >= 15 is 0 Å². The van der Waals surface area contributed by atoms with Gasteiger partial charge in [0, 0.05) is 11.7 Å². The Kier molecular flexibility index (Phi) is 4.80. The van der Waals surface area contributed by atoms with E-state index in [0.717, 1.165) is 38.0 Å². The molecule has 1 aliphatic rings. The number of aryl methyl sites for hydroxylation is 1. The first-order valence-corrected chi connectivity index (χ1v) is 7.02. The third kappa shape index (κ3) is 4.24. The topological polar surface area (TPSA) is 44.4 Å². The number of nitrogens with one attached hydrogen (secondary N) is 2. The summed E-state index contributed by atoms with van der Waals surface area (Å²) >= 11 is 0. The molecule has 104 valence electrons. The van der Waals surface area contributed by atoms with Crippen LogP contribution in [0.2, 0.25) is 0 Å². The van der Waals surface area contributed by atoms with Crippen molar-refractivity contribution in [3.8, 4) is 0 Å². The second-order valence-corrected chi connectivity index (χ2v) is 5.23. The van der Waals surface area contributed by atoms with Crippen molar-refractivity contribution in [3.05, 3.63) is 29.8 Å². The molecule has 19 heavy (non-hydrogen) atoms. The smallest absolute Gasteiger partial charge is 0.319 e.